The molecule has 104 valence electrons. The van der Waals surface area contributed by atoms with Crippen molar-refractivity contribution in [1.82, 2.24) is 20.3 Å². The standard InChI is InChI=1S/C16H20N4/c1-2-13(11-17-14-8-9-14)10-15-12-18-20(19-15)16-6-4-3-5-7-16/h3-7,10,12,14,17H,2,8-9,11H2,1H3. The molecule has 3 rings (SSSR count). The van der Waals surface area contributed by atoms with Crippen molar-refractivity contribution in [3.05, 3.63) is 47.8 Å². The van der Waals surface area contributed by atoms with Crippen molar-refractivity contribution in [2.24, 2.45) is 0 Å². The fraction of sp³-hybridized carbons (Fsp3) is 0.375. The van der Waals surface area contributed by atoms with E-state index in [0.29, 0.717) is 0 Å². The molecule has 4 heteroatoms. The third kappa shape index (κ3) is 3.33. The van der Waals surface area contributed by atoms with Crippen LogP contribution in [0.2, 0.25) is 0 Å². The molecule has 1 aliphatic rings. The van der Waals surface area contributed by atoms with E-state index in [-0.39, 0.29) is 0 Å². The van der Waals surface area contributed by atoms with Gasteiger partial charge in [-0.05, 0) is 37.5 Å². The van der Waals surface area contributed by atoms with E-state index in [1.807, 2.05) is 36.5 Å². The first kappa shape index (κ1) is 13.1. The van der Waals surface area contributed by atoms with Gasteiger partial charge in [0.15, 0.2) is 0 Å². The van der Waals surface area contributed by atoms with Gasteiger partial charge in [-0.3, -0.25) is 0 Å². The van der Waals surface area contributed by atoms with Crippen LogP contribution in [0.1, 0.15) is 31.9 Å². The molecule has 0 atom stereocenters. The minimum Gasteiger partial charge on any atom is -0.310 e. The lowest BCUT2D eigenvalue weighted by molar-refractivity contribution is 0.722. The second-order valence-corrected chi connectivity index (χ2v) is 5.21. The molecule has 1 heterocycles. The highest BCUT2D eigenvalue weighted by Crippen LogP contribution is 2.19. The molecule has 1 aromatic heterocycles. The molecule has 0 bridgehead atoms. The number of benzene rings is 1. The number of aromatic nitrogens is 3. The fourth-order valence-corrected chi connectivity index (χ4v) is 2.08. The Kier molecular flexibility index (Phi) is 3.92. The van der Waals surface area contributed by atoms with Crippen LogP contribution in [0.4, 0.5) is 0 Å². The first-order chi connectivity index (χ1) is 9.85. The third-order valence-corrected chi connectivity index (χ3v) is 3.50. The van der Waals surface area contributed by atoms with Crippen molar-refractivity contribution in [3.63, 3.8) is 0 Å². The number of para-hydroxylation sites is 1. The molecular formula is C16H20N4. The predicted molar refractivity (Wildman–Crippen MR) is 80.7 cm³/mol. The summed E-state index contributed by atoms with van der Waals surface area (Å²) < 4.78 is 0. The normalized spacial score (nSPS) is 15.6. The van der Waals surface area contributed by atoms with E-state index in [9.17, 15) is 0 Å². The molecular weight excluding hydrogens is 248 g/mol. The molecule has 1 fully saturated rings. The van der Waals surface area contributed by atoms with Gasteiger partial charge in [0, 0.05) is 12.6 Å². The molecule has 1 aliphatic carbocycles. The van der Waals surface area contributed by atoms with Crippen LogP contribution < -0.4 is 5.32 Å². The Labute approximate surface area is 119 Å². The summed E-state index contributed by atoms with van der Waals surface area (Å²) in [5.41, 5.74) is 3.28. The van der Waals surface area contributed by atoms with E-state index in [1.165, 1.54) is 18.4 Å². The van der Waals surface area contributed by atoms with Crippen molar-refractivity contribution in [2.45, 2.75) is 32.2 Å². The number of hydrogen-bond donors (Lipinski definition) is 1. The molecule has 0 spiro atoms. The van der Waals surface area contributed by atoms with Crippen LogP contribution >= 0.6 is 0 Å². The molecule has 0 unspecified atom stereocenters. The maximum atomic E-state index is 4.51. The van der Waals surface area contributed by atoms with E-state index < -0.39 is 0 Å². The van der Waals surface area contributed by atoms with Crippen molar-refractivity contribution in [3.8, 4) is 5.69 Å². The largest absolute Gasteiger partial charge is 0.310 e. The van der Waals surface area contributed by atoms with Gasteiger partial charge in [-0.2, -0.15) is 9.90 Å². The second-order valence-electron chi connectivity index (χ2n) is 5.21. The molecule has 0 aliphatic heterocycles. The summed E-state index contributed by atoms with van der Waals surface area (Å²) in [7, 11) is 0. The minimum atomic E-state index is 0.741. The van der Waals surface area contributed by atoms with Gasteiger partial charge in [-0.1, -0.05) is 30.7 Å². The van der Waals surface area contributed by atoms with Gasteiger partial charge in [0.1, 0.15) is 5.69 Å². The summed E-state index contributed by atoms with van der Waals surface area (Å²) in [4.78, 5) is 1.67. The fourth-order valence-electron chi connectivity index (χ4n) is 2.08. The van der Waals surface area contributed by atoms with Crippen molar-refractivity contribution < 1.29 is 0 Å². The maximum Gasteiger partial charge on any atom is 0.106 e. The Balaban J connectivity index is 1.71. The molecule has 0 amide bonds. The summed E-state index contributed by atoms with van der Waals surface area (Å²) in [6.07, 6.45) is 7.64. The second kappa shape index (κ2) is 6.01. The highest BCUT2D eigenvalue weighted by Gasteiger charge is 2.20. The summed E-state index contributed by atoms with van der Waals surface area (Å²) in [5.74, 6) is 0. The van der Waals surface area contributed by atoms with Gasteiger partial charge in [-0.25, -0.2) is 0 Å². The zero-order valence-corrected chi connectivity index (χ0v) is 11.8. The summed E-state index contributed by atoms with van der Waals surface area (Å²) in [5, 5.41) is 12.4. The predicted octanol–water partition coefficient (Wildman–Crippen LogP) is 2.81. The van der Waals surface area contributed by atoms with Crippen LogP contribution in [0, 0.1) is 0 Å². The maximum absolute atomic E-state index is 4.51. The van der Waals surface area contributed by atoms with Gasteiger partial charge in [0.05, 0.1) is 11.9 Å². The van der Waals surface area contributed by atoms with Gasteiger partial charge < -0.3 is 5.32 Å². The van der Waals surface area contributed by atoms with Crippen LogP contribution in [-0.4, -0.2) is 27.6 Å². The monoisotopic (exact) mass is 268 g/mol. The molecule has 0 radical (unpaired) electrons. The lowest BCUT2D eigenvalue weighted by atomic mass is 10.1. The Morgan fingerprint density at radius 2 is 2.15 bits per heavy atom. The molecule has 4 nitrogen and oxygen atoms in total. The van der Waals surface area contributed by atoms with E-state index in [0.717, 1.165) is 30.4 Å². The first-order valence-corrected chi connectivity index (χ1v) is 7.26. The highest BCUT2D eigenvalue weighted by atomic mass is 15.5. The molecule has 2 aromatic rings. The summed E-state index contributed by atoms with van der Waals surface area (Å²) >= 11 is 0. The van der Waals surface area contributed by atoms with Gasteiger partial charge in [-0.15, -0.1) is 5.10 Å². The molecule has 20 heavy (non-hydrogen) atoms. The lowest BCUT2D eigenvalue weighted by Gasteiger charge is -2.04. The first-order valence-electron chi connectivity index (χ1n) is 7.26. The summed E-state index contributed by atoms with van der Waals surface area (Å²) in [6.45, 7) is 3.14. The number of nitrogens with zero attached hydrogens (tertiary/aromatic N) is 3. The van der Waals surface area contributed by atoms with Gasteiger partial charge >= 0.3 is 0 Å². The number of rotatable bonds is 6. The Hall–Kier alpha value is -1.94. The third-order valence-electron chi connectivity index (χ3n) is 3.50. The van der Waals surface area contributed by atoms with Crippen molar-refractivity contribution in [2.75, 3.05) is 6.54 Å². The van der Waals surface area contributed by atoms with E-state index in [2.05, 4.69) is 28.5 Å². The molecule has 1 N–H and O–H groups in total. The average Bonchev–Trinajstić information content (AvgIpc) is 3.21. The topological polar surface area (TPSA) is 42.7 Å². The number of nitrogens with one attached hydrogen (secondary N) is 1. The lowest BCUT2D eigenvalue weighted by Crippen LogP contribution is -2.18. The zero-order chi connectivity index (χ0) is 13.8. The van der Waals surface area contributed by atoms with Crippen molar-refractivity contribution in [1.29, 1.82) is 0 Å². The van der Waals surface area contributed by atoms with Gasteiger partial charge in [0.25, 0.3) is 0 Å². The SMILES string of the molecule is CCC(=Cc1cnn(-c2ccccc2)n1)CNC1CC1. The molecule has 1 aromatic carbocycles. The van der Waals surface area contributed by atoms with Crippen LogP contribution in [0.15, 0.2) is 42.1 Å². The van der Waals surface area contributed by atoms with Crippen LogP contribution in [0.5, 0.6) is 0 Å². The number of hydrogen-bond acceptors (Lipinski definition) is 3. The Morgan fingerprint density at radius 1 is 1.35 bits per heavy atom. The molecule has 0 saturated heterocycles. The Bertz CT molecular complexity index is 582. The average molecular weight is 268 g/mol. The van der Waals surface area contributed by atoms with Crippen LogP contribution in [0.25, 0.3) is 11.8 Å². The minimum absolute atomic E-state index is 0.741. The Morgan fingerprint density at radius 3 is 2.85 bits per heavy atom. The van der Waals surface area contributed by atoms with Crippen LogP contribution in [-0.2, 0) is 0 Å². The van der Waals surface area contributed by atoms with E-state index in [4.69, 9.17) is 0 Å². The highest BCUT2D eigenvalue weighted by molar-refractivity contribution is 5.48. The smallest absolute Gasteiger partial charge is 0.106 e. The van der Waals surface area contributed by atoms with Gasteiger partial charge in [0.2, 0.25) is 0 Å². The van der Waals surface area contributed by atoms with Crippen LogP contribution in [0.3, 0.4) is 0 Å². The quantitative estimate of drug-likeness (QED) is 0.876. The van der Waals surface area contributed by atoms with E-state index in [1.54, 1.807) is 4.80 Å². The summed E-state index contributed by atoms with van der Waals surface area (Å²) in [6, 6.07) is 10.7. The zero-order valence-electron chi connectivity index (χ0n) is 11.8. The molecule has 1 saturated carbocycles. The van der Waals surface area contributed by atoms with Crippen molar-refractivity contribution >= 4 is 6.08 Å². The van der Waals surface area contributed by atoms with E-state index >= 15 is 0 Å².